The fourth-order valence-electron chi connectivity index (χ4n) is 1.55. The minimum atomic E-state index is 0.319. The number of anilines is 1. The first-order chi connectivity index (χ1) is 6.54. The molecule has 0 radical (unpaired) electrons. The molecule has 0 saturated heterocycles. The summed E-state index contributed by atoms with van der Waals surface area (Å²) in [6.45, 7) is 6.31. The Labute approximate surface area is 90.5 Å². The van der Waals surface area contributed by atoms with E-state index in [9.17, 15) is 0 Å². The molecule has 1 aromatic carbocycles. The maximum atomic E-state index is 5.44. The summed E-state index contributed by atoms with van der Waals surface area (Å²) in [6.07, 6.45) is 1.03. The van der Waals surface area contributed by atoms with Gasteiger partial charge in [-0.05, 0) is 55.2 Å². The second-order valence-corrected chi connectivity index (χ2v) is 3.88. The number of nitrogens with one attached hydrogen (secondary N) is 1. The third-order valence-electron chi connectivity index (χ3n) is 2.32. The second kappa shape index (κ2) is 4.42. The van der Waals surface area contributed by atoms with Crippen molar-refractivity contribution in [3.63, 3.8) is 0 Å². The Bertz CT molecular complexity index is 359. The van der Waals surface area contributed by atoms with E-state index in [-0.39, 0.29) is 0 Å². The molecule has 0 aliphatic heterocycles. The number of thiocarbonyl (C=S) groups is 1. The largest absolute Gasteiger partial charge is 0.376 e. The van der Waals surface area contributed by atoms with Gasteiger partial charge in [0.2, 0.25) is 0 Å². The van der Waals surface area contributed by atoms with Gasteiger partial charge in [-0.2, -0.15) is 0 Å². The molecule has 1 rings (SSSR count). The molecule has 0 aliphatic carbocycles. The Morgan fingerprint density at radius 3 is 2.50 bits per heavy atom. The van der Waals surface area contributed by atoms with Crippen LogP contribution in [0.2, 0.25) is 0 Å². The molecule has 3 N–H and O–H groups in total. The molecule has 1 aromatic rings. The summed E-state index contributed by atoms with van der Waals surface area (Å²) in [5.74, 6) is 0. The number of benzene rings is 1. The molecule has 0 aromatic heterocycles. The van der Waals surface area contributed by atoms with Gasteiger partial charge in [-0.1, -0.05) is 13.0 Å². The molecule has 0 amide bonds. The van der Waals surface area contributed by atoms with Gasteiger partial charge in [0.25, 0.3) is 0 Å². The highest BCUT2D eigenvalue weighted by molar-refractivity contribution is 7.80. The van der Waals surface area contributed by atoms with E-state index >= 15 is 0 Å². The molecule has 0 fully saturated rings. The predicted molar refractivity (Wildman–Crippen MR) is 65.7 cm³/mol. The molecular weight excluding hydrogens is 192 g/mol. The lowest BCUT2D eigenvalue weighted by molar-refractivity contribution is 1.10. The molecule has 0 saturated carbocycles. The SMILES string of the molecule is CCc1cc(NC(N)=S)c(C)cc1C. The summed E-state index contributed by atoms with van der Waals surface area (Å²) in [4.78, 5) is 0. The Kier molecular flexibility index (Phi) is 3.47. The normalized spacial score (nSPS) is 9.93. The predicted octanol–water partition coefficient (Wildman–Crippen LogP) is 2.52. The zero-order valence-corrected chi connectivity index (χ0v) is 9.66. The van der Waals surface area contributed by atoms with E-state index in [0.29, 0.717) is 5.11 Å². The van der Waals surface area contributed by atoms with Gasteiger partial charge in [-0.3, -0.25) is 0 Å². The average Bonchev–Trinajstić information content (AvgIpc) is 2.09. The quantitative estimate of drug-likeness (QED) is 0.733. The van der Waals surface area contributed by atoms with Crippen molar-refractivity contribution < 1.29 is 0 Å². The van der Waals surface area contributed by atoms with Crippen molar-refractivity contribution >= 4 is 23.0 Å². The molecule has 2 nitrogen and oxygen atoms in total. The second-order valence-electron chi connectivity index (χ2n) is 3.44. The first-order valence-electron chi connectivity index (χ1n) is 4.71. The van der Waals surface area contributed by atoms with Crippen molar-refractivity contribution in [1.29, 1.82) is 0 Å². The van der Waals surface area contributed by atoms with Gasteiger partial charge in [0.15, 0.2) is 5.11 Å². The van der Waals surface area contributed by atoms with Crippen LogP contribution >= 0.6 is 12.2 Å². The van der Waals surface area contributed by atoms with Crippen LogP contribution in [-0.4, -0.2) is 5.11 Å². The van der Waals surface area contributed by atoms with Crippen LogP contribution in [0.15, 0.2) is 12.1 Å². The zero-order chi connectivity index (χ0) is 10.7. The van der Waals surface area contributed by atoms with Crippen molar-refractivity contribution in [3.05, 3.63) is 28.8 Å². The van der Waals surface area contributed by atoms with Gasteiger partial charge in [0.05, 0.1) is 0 Å². The Balaban J connectivity index is 3.10. The van der Waals surface area contributed by atoms with Crippen LogP contribution in [0, 0.1) is 13.8 Å². The van der Waals surface area contributed by atoms with E-state index in [1.165, 1.54) is 16.7 Å². The fraction of sp³-hybridized carbons (Fsp3) is 0.364. The third-order valence-corrected chi connectivity index (χ3v) is 2.42. The molecule has 0 spiro atoms. The van der Waals surface area contributed by atoms with E-state index in [0.717, 1.165) is 12.1 Å². The van der Waals surface area contributed by atoms with Crippen LogP contribution in [0.25, 0.3) is 0 Å². The highest BCUT2D eigenvalue weighted by atomic mass is 32.1. The summed E-state index contributed by atoms with van der Waals surface area (Å²) in [6, 6.07) is 4.27. The van der Waals surface area contributed by atoms with Crippen LogP contribution in [0.5, 0.6) is 0 Å². The maximum Gasteiger partial charge on any atom is 0.168 e. The van der Waals surface area contributed by atoms with Crippen LogP contribution < -0.4 is 11.1 Å². The van der Waals surface area contributed by atoms with Crippen molar-refractivity contribution in [2.45, 2.75) is 27.2 Å². The van der Waals surface area contributed by atoms with Crippen LogP contribution in [0.1, 0.15) is 23.6 Å². The lowest BCUT2D eigenvalue weighted by atomic mass is 10.0. The number of aryl methyl sites for hydroxylation is 3. The van der Waals surface area contributed by atoms with Crippen LogP contribution in [0.4, 0.5) is 5.69 Å². The van der Waals surface area contributed by atoms with Gasteiger partial charge < -0.3 is 11.1 Å². The number of nitrogens with two attached hydrogens (primary N) is 1. The molecule has 0 unspecified atom stereocenters. The van der Waals surface area contributed by atoms with Gasteiger partial charge in [-0.25, -0.2) is 0 Å². The maximum absolute atomic E-state index is 5.44. The lowest BCUT2D eigenvalue weighted by Crippen LogP contribution is -2.19. The molecule has 3 heteroatoms. The molecule has 0 atom stereocenters. The average molecular weight is 208 g/mol. The van der Waals surface area contributed by atoms with Crippen LogP contribution in [0.3, 0.4) is 0 Å². The summed E-state index contributed by atoms with van der Waals surface area (Å²) in [7, 11) is 0. The lowest BCUT2D eigenvalue weighted by Gasteiger charge is -2.12. The van der Waals surface area contributed by atoms with Crippen LogP contribution in [-0.2, 0) is 6.42 Å². The topological polar surface area (TPSA) is 38.0 Å². The fourth-order valence-corrected chi connectivity index (χ4v) is 1.66. The van der Waals surface area contributed by atoms with E-state index in [1.807, 2.05) is 6.92 Å². The van der Waals surface area contributed by atoms with Crippen molar-refractivity contribution in [2.75, 3.05) is 5.32 Å². The molecular formula is C11H16N2S. The third kappa shape index (κ3) is 2.45. The van der Waals surface area contributed by atoms with Gasteiger partial charge in [0, 0.05) is 5.69 Å². The summed E-state index contributed by atoms with van der Waals surface area (Å²) in [5, 5.41) is 3.30. The zero-order valence-electron chi connectivity index (χ0n) is 8.85. The molecule has 0 heterocycles. The molecule has 0 bridgehead atoms. The van der Waals surface area contributed by atoms with Crippen molar-refractivity contribution in [1.82, 2.24) is 0 Å². The standard InChI is InChI=1S/C11H16N2S/c1-4-9-6-10(13-11(12)14)8(3)5-7(9)2/h5-6H,4H2,1-3H3,(H3,12,13,14). The summed E-state index contributed by atoms with van der Waals surface area (Å²) in [5.41, 5.74) is 10.3. The van der Waals surface area contributed by atoms with Crippen molar-refractivity contribution in [3.8, 4) is 0 Å². The summed E-state index contributed by atoms with van der Waals surface area (Å²) < 4.78 is 0. The smallest absolute Gasteiger partial charge is 0.168 e. The molecule has 76 valence electrons. The monoisotopic (exact) mass is 208 g/mol. The molecule has 0 aliphatic rings. The van der Waals surface area contributed by atoms with E-state index in [1.54, 1.807) is 0 Å². The first-order valence-corrected chi connectivity index (χ1v) is 5.12. The van der Waals surface area contributed by atoms with Crippen molar-refractivity contribution in [2.24, 2.45) is 5.73 Å². The molecule has 14 heavy (non-hydrogen) atoms. The Morgan fingerprint density at radius 1 is 1.36 bits per heavy atom. The highest BCUT2D eigenvalue weighted by Gasteiger charge is 2.03. The Hall–Kier alpha value is -1.09. The number of rotatable bonds is 2. The van der Waals surface area contributed by atoms with E-state index < -0.39 is 0 Å². The number of hydrogen-bond acceptors (Lipinski definition) is 1. The first kappa shape index (κ1) is 11.0. The minimum Gasteiger partial charge on any atom is -0.376 e. The van der Waals surface area contributed by atoms with Gasteiger partial charge in [0.1, 0.15) is 0 Å². The Morgan fingerprint density at radius 2 is 2.00 bits per heavy atom. The minimum absolute atomic E-state index is 0.319. The van der Waals surface area contributed by atoms with E-state index in [4.69, 9.17) is 18.0 Å². The van der Waals surface area contributed by atoms with E-state index in [2.05, 4.69) is 31.3 Å². The number of hydrogen-bond donors (Lipinski definition) is 2. The van der Waals surface area contributed by atoms with Gasteiger partial charge >= 0.3 is 0 Å². The highest BCUT2D eigenvalue weighted by Crippen LogP contribution is 2.20. The summed E-state index contributed by atoms with van der Waals surface area (Å²) >= 11 is 4.82. The van der Waals surface area contributed by atoms with Gasteiger partial charge in [-0.15, -0.1) is 0 Å².